The van der Waals surface area contributed by atoms with Crippen molar-refractivity contribution in [3.8, 4) is 0 Å². The zero-order valence-corrected chi connectivity index (χ0v) is 22.9. The lowest BCUT2D eigenvalue weighted by molar-refractivity contribution is -0.131. The number of nitrogens with one attached hydrogen (secondary N) is 2. The van der Waals surface area contributed by atoms with Gasteiger partial charge in [0.15, 0.2) is 5.78 Å². The molecule has 36 heavy (non-hydrogen) atoms. The Morgan fingerprint density at radius 2 is 1.86 bits per heavy atom. The fourth-order valence-electron chi connectivity index (χ4n) is 4.03. The van der Waals surface area contributed by atoms with Crippen LogP contribution in [0.3, 0.4) is 0 Å². The Bertz CT molecular complexity index is 1120. The molecule has 2 unspecified atom stereocenters. The molecule has 3 aromatic rings. The number of amides is 2. The quantitative estimate of drug-likeness (QED) is 0.262. The van der Waals surface area contributed by atoms with Gasteiger partial charge in [-0.1, -0.05) is 51.8 Å². The molecule has 2 heterocycles. The molecule has 6 nitrogen and oxygen atoms in total. The molecule has 0 aliphatic heterocycles. The van der Waals surface area contributed by atoms with E-state index in [1.54, 1.807) is 17.6 Å². The van der Waals surface area contributed by atoms with Gasteiger partial charge < -0.3 is 15.1 Å². The number of thioether (sulfide) groups is 1. The highest BCUT2D eigenvalue weighted by molar-refractivity contribution is 7.99. The van der Waals surface area contributed by atoms with Gasteiger partial charge in [-0.15, -0.1) is 23.1 Å². The van der Waals surface area contributed by atoms with Crippen molar-refractivity contribution >= 4 is 50.8 Å². The molecular formula is C28H36N2O4S2. The molecule has 0 aliphatic carbocycles. The van der Waals surface area contributed by atoms with Crippen molar-refractivity contribution in [2.45, 2.75) is 70.7 Å². The minimum atomic E-state index is -0.685. The molecule has 194 valence electrons. The smallest absolute Gasteiger partial charge is 0.243 e. The summed E-state index contributed by atoms with van der Waals surface area (Å²) in [6.45, 7) is 6.10. The molecule has 1 aromatic carbocycles. The standard InChI is InChI=1S/C28H36N2O4S2/c1-4-5-11-23(25(31)18-35-17-21-9-8-13-34-21)30-28(33)24(14-19(2)3)29-27(32)15-20-16-36-26-12-7-6-10-22(20)26/h6-10,12-13,16,19,23-24H,4-5,11,14-15,17-18H2,1-3H3,(H,29,32)(H,30,33). The molecule has 0 fully saturated rings. The molecule has 0 saturated carbocycles. The van der Waals surface area contributed by atoms with Gasteiger partial charge >= 0.3 is 0 Å². The first-order valence-corrected chi connectivity index (χ1v) is 14.6. The van der Waals surface area contributed by atoms with E-state index in [0.29, 0.717) is 24.3 Å². The van der Waals surface area contributed by atoms with Gasteiger partial charge in [-0.3, -0.25) is 14.4 Å². The number of hydrogen-bond donors (Lipinski definition) is 2. The topological polar surface area (TPSA) is 88.4 Å². The van der Waals surface area contributed by atoms with E-state index >= 15 is 0 Å². The van der Waals surface area contributed by atoms with Crippen LogP contribution in [0.25, 0.3) is 10.1 Å². The molecule has 2 N–H and O–H groups in total. The van der Waals surface area contributed by atoms with Gasteiger partial charge in [-0.2, -0.15) is 0 Å². The minimum absolute atomic E-state index is 0.00674. The highest BCUT2D eigenvalue weighted by Gasteiger charge is 2.27. The third-order valence-electron chi connectivity index (χ3n) is 5.89. The monoisotopic (exact) mass is 528 g/mol. The molecule has 0 bridgehead atoms. The number of carbonyl (C=O) groups excluding carboxylic acids is 3. The maximum absolute atomic E-state index is 13.3. The number of carbonyl (C=O) groups is 3. The highest BCUT2D eigenvalue weighted by atomic mass is 32.2. The van der Waals surface area contributed by atoms with Crippen LogP contribution in [0, 0.1) is 5.92 Å². The summed E-state index contributed by atoms with van der Waals surface area (Å²) in [5.41, 5.74) is 0.960. The number of thiophene rings is 1. The van der Waals surface area contributed by atoms with Crippen LogP contribution in [0.4, 0.5) is 0 Å². The zero-order chi connectivity index (χ0) is 25.9. The summed E-state index contributed by atoms with van der Waals surface area (Å²) in [6, 6.07) is 10.5. The van der Waals surface area contributed by atoms with Gasteiger partial charge in [0, 0.05) is 4.70 Å². The van der Waals surface area contributed by atoms with Crippen molar-refractivity contribution in [1.82, 2.24) is 10.6 Å². The Morgan fingerprint density at radius 3 is 2.58 bits per heavy atom. The molecule has 8 heteroatoms. The van der Waals surface area contributed by atoms with Crippen LogP contribution < -0.4 is 10.6 Å². The van der Waals surface area contributed by atoms with Crippen molar-refractivity contribution in [3.05, 3.63) is 59.4 Å². The maximum atomic E-state index is 13.3. The van der Waals surface area contributed by atoms with Crippen molar-refractivity contribution < 1.29 is 18.8 Å². The number of fused-ring (bicyclic) bond motifs is 1. The third-order valence-corrected chi connectivity index (χ3v) is 7.88. The molecule has 0 saturated heterocycles. The molecule has 2 amide bonds. The molecule has 3 rings (SSSR count). The minimum Gasteiger partial charge on any atom is -0.468 e. The summed E-state index contributed by atoms with van der Waals surface area (Å²) in [4.78, 5) is 39.2. The van der Waals surface area contributed by atoms with E-state index in [4.69, 9.17) is 4.42 Å². The molecule has 2 atom stereocenters. The van der Waals surface area contributed by atoms with Crippen LogP contribution >= 0.6 is 23.1 Å². The van der Waals surface area contributed by atoms with Crippen LogP contribution in [0.2, 0.25) is 0 Å². The molecule has 0 spiro atoms. The van der Waals surface area contributed by atoms with E-state index in [2.05, 4.69) is 17.6 Å². The van der Waals surface area contributed by atoms with E-state index < -0.39 is 12.1 Å². The SMILES string of the molecule is CCCCC(NC(=O)C(CC(C)C)NC(=O)Cc1csc2ccccc12)C(=O)CSCc1ccco1. The Hall–Kier alpha value is -2.58. The van der Waals surface area contributed by atoms with Gasteiger partial charge in [-0.25, -0.2) is 0 Å². The first-order valence-electron chi connectivity index (χ1n) is 12.5. The normalized spacial score (nSPS) is 13.0. The summed E-state index contributed by atoms with van der Waals surface area (Å²) in [7, 11) is 0. The number of hydrogen-bond acceptors (Lipinski definition) is 6. The Balaban J connectivity index is 1.61. The predicted octanol–water partition coefficient (Wildman–Crippen LogP) is 5.75. The largest absolute Gasteiger partial charge is 0.468 e. The number of furan rings is 1. The van der Waals surface area contributed by atoms with Crippen LogP contribution in [-0.2, 0) is 26.6 Å². The predicted molar refractivity (Wildman–Crippen MR) is 148 cm³/mol. The Kier molecular flexibility index (Phi) is 11.1. The van der Waals surface area contributed by atoms with Crippen LogP contribution in [-0.4, -0.2) is 35.4 Å². The van der Waals surface area contributed by atoms with Gasteiger partial charge in [0.25, 0.3) is 0 Å². The highest BCUT2D eigenvalue weighted by Crippen LogP contribution is 2.26. The molecular weight excluding hydrogens is 492 g/mol. The van der Waals surface area contributed by atoms with E-state index in [0.717, 1.165) is 34.3 Å². The second kappa shape index (κ2) is 14.2. The second-order valence-corrected chi connectivity index (χ2v) is 11.3. The number of benzene rings is 1. The summed E-state index contributed by atoms with van der Waals surface area (Å²) in [5, 5.41) is 8.97. The van der Waals surface area contributed by atoms with E-state index in [9.17, 15) is 14.4 Å². The van der Waals surface area contributed by atoms with Crippen molar-refractivity contribution in [3.63, 3.8) is 0 Å². The lowest BCUT2D eigenvalue weighted by Gasteiger charge is -2.24. The maximum Gasteiger partial charge on any atom is 0.243 e. The van der Waals surface area contributed by atoms with Crippen LogP contribution in [0.1, 0.15) is 57.8 Å². The summed E-state index contributed by atoms with van der Waals surface area (Å²) >= 11 is 3.09. The fraction of sp³-hybridized carbons (Fsp3) is 0.464. The summed E-state index contributed by atoms with van der Waals surface area (Å²) in [5.74, 6) is 1.44. The first-order chi connectivity index (χ1) is 17.4. The van der Waals surface area contributed by atoms with E-state index in [1.807, 2.05) is 55.6 Å². The molecule has 2 aromatic heterocycles. The lowest BCUT2D eigenvalue weighted by atomic mass is 10.0. The molecule has 0 aliphatic rings. The average Bonchev–Trinajstić information content (AvgIpc) is 3.51. The van der Waals surface area contributed by atoms with Gasteiger partial charge in [0.2, 0.25) is 11.8 Å². The molecule has 0 radical (unpaired) electrons. The number of Topliss-reactive ketones (excluding diaryl/α,β-unsaturated/α-hetero) is 1. The second-order valence-electron chi connectivity index (χ2n) is 9.43. The fourth-order valence-corrected chi connectivity index (χ4v) is 5.87. The van der Waals surface area contributed by atoms with Gasteiger partial charge in [0.05, 0.1) is 30.2 Å². The van der Waals surface area contributed by atoms with Gasteiger partial charge in [-0.05, 0) is 53.3 Å². The zero-order valence-electron chi connectivity index (χ0n) is 21.3. The first kappa shape index (κ1) is 28.0. The Morgan fingerprint density at radius 1 is 1.06 bits per heavy atom. The average molecular weight is 529 g/mol. The number of rotatable bonds is 15. The van der Waals surface area contributed by atoms with Crippen molar-refractivity contribution in [2.75, 3.05) is 5.75 Å². The lowest BCUT2D eigenvalue weighted by Crippen LogP contribution is -2.52. The van der Waals surface area contributed by atoms with Gasteiger partial charge in [0.1, 0.15) is 11.8 Å². The Labute approximate surface area is 221 Å². The summed E-state index contributed by atoms with van der Waals surface area (Å²) < 4.78 is 6.47. The van der Waals surface area contributed by atoms with E-state index in [-0.39, 0.29) is 29.9 Å². The third kappa shape index (κ3) is 8.52. The summed E-state index contributed by atoms with van der Waals surface area (Å²) in [6.07, 6.45) is 4.70. The van der Waals surface area contributed by atoms with Crippen molar-refractivity contribution in [1.29, 1.82) is 0 Å². The number of ketones is 1. The van der Waals surface area contributed by atoms with Crippen LogP contribution in [0.15, 0.2) is 52.5 Å². The van der Waals surface area contributed by atoms with E-state index in [1.165, 1.54) is 11.8 Å². The van der Waals surface area contributed by atoms with Crippen molar-refractivity contribution in [2.24, 2.45) is 5.92 Å². The number of unbranched alkanes of at least 4 members (excludes halogenated alkanes) is 1. The van der Waals surface area contributed by atoms with Crippen LogP contribution in [0.5, 0.6) is 0 Å².